The molecule has 1 saturated heterocycles. The third-order valence-corrected chi connectivity index (χ3v) is 4.23. The van der Waals surface area contributed by atoms with Crippen molar-refractivity contribution < 1.29 is 4.39 Å². The van der Waals surface area contributed by atoms with E-state index in [0.29, 0.717) is 0 Å². The third kappa shape index (κ3) is 2.57. The fraction of sp³-hybridized carbons (Fsp3) is 0.600. The van der Waals surface area contributed by atoms with Crippen LogP contribution in [0.4, 0.5) is 4.39 Å². The first-order valence-corrected chi connectivity index (χ1v) is 6.69. The van der Waals surface area contributed by atoms with E-state index in [1.54, 1.807) is 12.1 Å². The Morgan fingerprint density at radius 2 is 1.89 bits per heavy atom. The fourth-order valence-corrected chi connectivity index (χ4v) is 3.04. The van der Waals surface area contributed by atoms with Crippen LogP contribution in [-0.2, 0) is 0 Å². The van der Waals surface area contributed by atoms with Crippen molar-refractivity contribution >= 4 is 0 Å². The molecular weight excluding hydrogens is 227 g/mol. The lowest BCUT2D eigenvalue weighted by atomic mass is 9.95. The fourth-order valence-electron chi connectivity index (χ4n) is 3.04. The van der Waals surface area contributed by atoms with Crippen molar-refractivity contribution in [2.75, 3.05) is 6.54 Å². The summed E-state index contributed by atoms with van der Waals surface area (Å²) in [5, 5.41) is 0. The summed E-state index contributed by atoms with van der Waals surface area (Å²) in [5.41, 5.74) is 7.55. The van der Waals surface area contributed by atoms with Crippen LogP contribution in [-0.4, -0.2) is 23.0 Å². The number of nitrogens with two attached hydrogens (primary N) is 1. The average molecular weight is 250 g/mol. The first-order valence-electron chi connectivity index (χ1n) is 6.69. The van der Waals surface area contributed by atoms with Gasteiger partial charge >= 0.3 is 0 Å². The molecule has 0 aromatic heterocycles. The van der Waals surface area contributed by atoms with Crippen LogP contribution in [0.25, 0.3) is 0 Å². The van der Waals surface area contributed by atoms with Crippen LogP contribution in [0.15, 0.2) is 24.3 Å². The van der Waals surface area contributed by atoms with Gasteiger partial charge in [0.15, 0.2) is 0 Å². The summed E-state index contributed by atoms with van der Waals surface area (Å²) >= 11 is 0. The van der Waals surface area contributed by atoms with Crippen molar-refractivity contribution in [3.05, 3.63) is 35.6 Å². The van der Waals surface area contributed by atoms with Crippen LogP contribution in [0.5, 0.6) is 0 Å². The summed E-state index contributed by atoms with van der Waals surface area (Å²) in [7, 11) is 0. The summed E-state index contributed by atoms with van der Waals surface area (Å²) < 4.78 is 12.9. The van der Waals surface area contributed by atoms with Crippen LogP contribution in [0.2, 0.25) is 0 Å². The van der Waals surface area contributed by atoms with Gasteiger partial charge in [0.25, 0.3) is 0 Å². The summed E-state index contributed by atoms with van der Waals surface area (Å²) in [6.07, 6.45) is 2.45. The SMILES string of the molecule is CC(C(N)c1ccc(F)cc1)N1CCCC1(C)C. The second kappa shape index (κ2) is 4.98. The van der Waals surface area contributed by atoms with Crippen LogP contribution in [0.3, 0.4) is 0 Å². The molecule has 0 spiro atoms. The largest absolute Gasteiger partial charge is 0.323 e. The van der Waals surface area contributed by atoms with Crippen molar-refractivity contribution in [1.29, 1.82) is 0 Å². The number of halogens is 1. The molecular formula is C15H23FN2. The lowest BCUT2D eigenvalue weighted by molar-refractivity contribution is 0.108. The Labute approximate surface area is 109 Å². The van der Waals surface area contributed by atoms with Gasteiger partial charge < -0.3 is 5.73 Å². The molecule has 2 unspecified atom stereocenters. The summed E-state index contributed by atoms with van der Waals surface area (Å²) in [6, 6.07) is 6.75. The van der Waals surface area contributed by atoms with Crippen molar-refractivity contribution in [1.82, 2.24) is 4.90 Å². The van der Waals surface area contributed by atoms with Crippen LogP contribution in [0.1, 0.15) is 45.2 Å². The van der Waals surface area contributed by atoms with Gasteiger partial charge in [-0.25, -0.2) is 4.39 Å². The molecule has 2 atom stereocenters. The van der Waals surface area contributed by atoms with Crippen LogP contribution in [0, 0.1) is 5.82 Å². The molecule has 0 saturated carbocycles. The van der Waals surface area contributed by atoms with Crippen molar-refractivity contribution in [2.45, 2.75) is 51.2 Å². The molecule has 0 bridgehead atoms. The molecule has 0 aliphatic carbocycles. The summed E-state index contributed by atoms with van der Waals surface area (Å²) in [4.78, 5) is 2.47. The maximum Gasteiger partial charge on any atom is 0.123 e. The van der Waals surface area contributed by atoms with Gasteiger partial charge in [-0.2, -0.15) is 0 Å². The molecule has 1 aliphatic heterocycles. The highest BCUT2D eigenvalue weighted by Gasteiger charge is 2.37. The van der Waals surface area contributed by atoms with Gasteiger partial charge in [-0.15, -0.1) is 0 Å². The molecule has 0 amide bonds. The Hall–Kier alpha value is -0.930. The van der Waals surface area contributed by atoms with Gasteiger partial charge in [-0.3, -0.25) is 4.90 Å². The standard InChI is InChI=1S/C15H23FN2/c1-11(18-10-4-9-15(18,2)3)14(17)12-5-7-13(16)8-6-12/h5-8,11,14H,4,9-10,17H2,1-3H3. The summed E-state index contributed by atoms with van der Waals surface area (Å²) in [5.74, 6) is -0.208. The number of nitrogens with zero attached hydrogens (tertiary/aromatic N) is 1. The highest BCUT2D eigenvalue weighted by molar-refractivity contribution is 5.21. The highest BCUT2D eigenvalue weighted by Crippen LogP contribution is 2.33. The maximum atomic E-state index is 12.9. The van der Waals surface area contributed by atoms with E-state index >= 15 is 0 Å². The number of hydrogen-bond acceptors (Lipinski definition) is 2. The Morgan fingerprint density at radius 3 is 2.39 bits per heavy atom. The Morgan fingerprint density at radius 1 is 1.28 bits per heavy atom. The van der Waals surface area contributed by atoms with Crippen LogP contribution < -0.4 is 5.73 Å². The molecule has 1 aliphatic rings. The first-order chi connectivity index (χ1) is 8.42. The smallest absolute Gasteiger partial charge is 0.123 e. The zero-order valence-electron chi connectivity index (χ0n) is 11.5. The second-order valence-corrected chi connectivity index (χ2v) is 5.93. The van der Waals surface area contributed by atoms with E-state index in [1.807, 2.05) is 0 Å². The lowest BCUT2D eigenvalue weighted by Crippen LogP contribution is -2.48. The number of rotatable bonds is 3. The molecule has 0 radical (unpaired) electrons. The predicted molar refractivity (Wildman–Crippen MR) is 72.8 cm³/mol. The maximum absolute atomic E-state index is 12.9. The zero-order chi connectivity index (χ0) is 13.3. The molecule has 1 heterocycles. The van der Waals surface area contributed by atoms with Crippen molar-refractivity contribution in [3.63, 3.8) is 0 Å². The average Bonchev–Trinajstić information content (AvgIpc) is 2.68. The van der Waals surface area contributed by atoms with Crippen molar-refractivity contribution in [3.8, 4) is 0 Å². The first kappa shape index (κ1) is 13.5. The molecule has 1 aromatic carbocycles. The van der Waals surface area contributed by atoms with Gasteiger partial charge in [0, 0.05) is 17.6 Å². The monoisotopic (exact) mass is 250 g/mol. The molecule has 2 nitrogen and oxygen atoms in total. The van der Waals surface area contributed by atoms with Gasteiger partial charge in [0.2, 0.25) is 0 Å². The Balaban J connectivity index is 2.13. The van der Waals surface area contributed by atoms with Gasteiger partial charge in [0.1, 0.15) is 5.82 Å². The number of benzene rings is 1. The Bertz CT molecular complexity index is 399. The minimum atomic E-state index is -0.208. The second-order valence-electron chi connectivity index (χ2n) is 5.93. The topological polar surface area (TPSA) is 29.3 Å². The quantitative estimate of drug-likeness (QED) is 0.893. The minimum Gasteiger partial charge on any atom is -0.323 e. The number of hydrogen-bond donors (Lipinski definition) is 1. The lowest BCUT2D eigenvalue weighted by Gasteiger charge is -2.39. The third-order valence-electron chi connectivity index (χ3n) is 4.23. The van der Waals surface area contributed by atoms with E-state index in [9.17, 15) is 4.39 Å². The van der Waals surface area contributed by atoms with Gasteiger partial charge in [0.05, 0.1) is 0 Å². The molecule has 2 N–H and O–H groups in total. The predicted octanol–water partition coefficient (Wildman–Crippen LogP) is 3.09. The zero-order valence-corrected chi connectivity index (χ0v) is 11.5. The molecule has 1 aromatic rings. The van der Waals surface area contributed by atoms with Crippen molar-refractivity contribution in [2.24, 2.45) is 5.73 Å². The molecule has 18 heavy (non-hydrogen) atoms. The highest BCUT2D eigenvalue weighted by atomic mass is 19.1. The van der Waals surface area contributed by atoms with E-state index in [-0.39, 0.29) is 23.4 Å². The number of likely N-dealkylation sites (tertiary alicyclic amines) is 1. The van der Waals surface area contributed by atoms with E-state index in [1.165, 1.54) is 25.0 Å². The molecule has 2 rings (SSSR count). The van der Waals surface area contributed by atoms with Gasteiger partial charge in [-0.1, -0.05) is 12.1 Å². The van der Waals surface area contributed by atoms with E-state index in [0.717, 1.165) is 12.1 Å². The molecule has 1 fully saturated rings. The molecule has 3 heteroatoms. The molecule has 100 valence electrons. The van der Waals surface area contributed by atoms with E-state index in [4.69, 9.17) is 5.73 Å². The summed E-state index contributed by atoms with van der Waals surface area (Å²) in [6.45, 7) is 7.81. The van der Waals surface area contributed by atoms with Gasteiger partial charge in [-0.05, 0) is 57.9 Å². The minimum absolute atomic E-state index is 0.0667. The van der Waals surface area contributed by atoms with E-state index < -0.39 is 0 Å². The van der Waals surface area contributed by atoms with Crippen LogP contribution >= 0.6 is 0 Å². The Kier molecular flexibility index (Phi) is 3.74. The van der Waals surface area contributed by atoms with E-state index in [2.05, 4.69) is 25.7 Å². The normalized spacial score (nSPS) is 22.9.